The van der Waals surface area contributed by atoms with E-state index in [9.17, 15) is 19.7 Å². The normalized spacial score (nSPS) is 10.6. The van der Waals surface area contributed by atoms with E-state index < -0.39 is 10.8 Å². The highest BCUT2D eigenvalue weighted by Gasteiger charge is 2.16. The molecule has 11 nitrogen and oxygen atoms in total. The number of nitro benzene ring substituents is 1. The van der Waals surface area contributed by atoms with Gasteiger partial charge in [-0.2, -0.15) is 0 Å². The van der Waals surface area contributed by atoms with Gasteiger partial charge in [0.15, 0.2) is 16.7 Å². The van der Waals surface area contributed by atoms with Crippen molar-refractivity contribution in [2.45, 2.75) is 11.7 Å². The second-order valence-electron chi connectivity index (χ2n) is 5.88. The molecule has 3 rings (SSSR count). The number of amides is 2. The number of halogens is 1. The van der Waals surface area contributed by atoms with Gasteiger partial charge >= 0.3 is 0 Å². The van der Waals surface area contributed by atoms with E-state index in [4.69, 9.17) is 16.0 Å². The summed E-state index contributed by atoms with van der Waals surface area (Å²) in [5.41, 5.74) is -0.0346. The number of anilines is 1. The first-order chi connectivity index (χ1) is 14.3. The molecule has 1 aromatic carbocycles. The van der Waals surface area contributed by atoms with Crippen molar-refractivity contribution >= 4 is 46.6 Å². The Morgan fingerprint density at radius 2 is 2.13 bits per heavy atom. The quantitative estimate of drug-likeness (QED) is 0.302. The van der Waals surface area contributed by atoms with Gasteiger partial charge in [-0.05, 0) is 18.2 Å². The number of rotatable bonds is 8. The third-order valence-electron chi connectivity index (χ3n) is 3.84. The van der Waals surface area contributed by atoms with Crippen LogP contribution in [0, 0.1) is 10.1 Å². The number of hydrogen-bond acceptors (Lipinski definition) is 8. The number of hydrogen-bond donors (Lipinski definition) is 2. The average Bonchev–Trinajstić information content (AvgIpc) is 3.36. The summed E-state index contributed by atoms with van der Waals surface area (Å²) in [6, 6.07) is 6.93. The standard InChI is InChI=1S/C17H15ClN6O5S/c1-23-14(8-19-16(26)13-3-2-6-29-13)21-22-17(23)30-9-15(25)20-12-7-10(24(27)28)4-5-11(12)18/h2-7H,8-9H2,1H3,(H,19,26)(H,20,25). The highest BCUT2D eigenvalue weighted by Crippen LogP contribution is 2.27. The lowest BCUT2D eigenvalue weighted by molar-refractivity contribution is -0.384. The van der Waals surface area contributed by atoms with Crippen LogP contribution in [0.5, 0.6) is 0 Å². The van der Waals surface area contributed by atoms with E-state index in [-0.39, 0.29) is 40.4 Å². The van der Waals surface area contributed by atoms with Crippen molar-refractivity contribution < 1.29 is 18.9 Å². The highest BCUT2D eigenvalue weighted by atomic mass is 35.5. The molecule has 0 radical (unpaired) electrons. The largest absolute Gasteiger partial charge is 0.459 e. The van der Waals surface area contributed by atoms with Crippen molar-refractivity contribution in [3.05, 3.63) is 63.3 Å². The molecule has 0 aliphatic heterocycles. The lowest BCUT2D eigenvalue weighted by Crippen LogP contribution is -2.24. The van der Waals surface area contributed by atoms with Gasteiger partial charge in [-0.1, -0.05) is 23.4 Å². The SMILES string of the molecule is Cn1c(CNC(=O)c2ccco2)nnc1SCC(=O)Nc1cc([N+](=O)[O-])ccc1Cl. The molecule has 0 atom stereocenters. The summed E-state index contributed by atoms with van der Waals surface area (Å²) in [6.07, 6.45) is 1.40. The first kappa shape index (κ1) is 21.3. The van der Waals surface area contributed by atoms with Crippen LogP contribution in [0.1, 0.15) is 16.4 Å². The molecule has 0 aliphatic carbocycles. The predicted octanol–water partition coefficient (Wildman–Crippen LogP) is 2.63. The number of nitrogens with zero attached hydrogens (tertiary/aromatic N) is 4. The van der Waals surface area contributed by atoms with Crippen LogP contribution in [-0.2, 0) is 18.4 Å². The Morgan fingerprint density at radius 3 is 2.83 bits per heavy atom. The van der Waals surface area contributed by atoms with Crippen LogP contribution < -0.4 is 10.6 Å². The molecule has 0 bridgehead atoms. The number of thioether (sulfide) groups is 1. The smallest absolute Gasteiger partial charge is 0.287 e. The van der Waals surface area contributed by atoms with Gasteiger partial charge in [0, 0.05) is 19.2 Å². The highest BCUT2D eigenvalue weighted by molar-refractivity contribution is 7.99. The van der Waals surface area contributed by atoms with Crippen LogP contribution in [0.3, 0.4) is 0 Å². The summed E-state index contributed by atoms with van der Waals surface area (Å²) in [7, 11) is 1.70. The lowest BCUT2D eigenvalue weighted by Gasteiger charge is -2.07. The molecule has 30 heavy (non-hydrogen) atoms. The van der Waals surface area contributed by atoms with Gasteiger partial charge in [-0.15, -0.1) is 10.2 Å². The van der Waals surface area contributed by atoms with Crippen molar-refractivity contribution in [2.24, 2.45) is 7.05 Å². The summed E-state index contributed by atoms with van der Waals surface area (Å²) in [5.74, 6) is -0.157. The van der Waals surface area contributed by atoms with Crippen molar-refractivity contribution in [1.29, 1.82) is 0 Å². The molecule has 2 N–H and O–H groups in total. The van der Waals surface area contributed by atoms with Gasteiger partial charge in [0.05, 0.1) is 34.2 Å². The molecule has 2 heterocycles. The minimum atomic E-state index is -0.577. The Balaban J connectivity index is 1.55. The predicted molar refractivity (Wildman–Crippen MR) is 108 cm³/mol. The van der Waals surface area contributed by atoms with Crippen LogP contribution in [-0.4, -0.2) is 37.3 Å². The molecule has 3 aromatic rings. The summed E-state index contributed by atoms with van der Waals surface area (Å²) >= 11 is 7.09. The van der Waals surface area contributed by atoms with E-state index in [0.29, 0.717) is 11.0 Å². The van der Waals surface area contributed by atoms with E-state index in [1.165, 1.54) is 24.5 Å². The van der Waals surface area contributed by atoms with Gasteiger partial charge in [-0.3, -0.25) is 19.7 Å². The Kier molecular flexibility index (Phi) is 6.69. The van der Waals surface area contributed by atoms with Crippen molar-refractivity contribution in [1.82, 2.24) is 20.1 Å². The number of carbonyl (C=O) groups excluding carboxylic acids is 2. The molecule has 156 valence electrons. The first-order valence-corrected chi connectivity index (χ1v) is 9.78. The summed E-state index contributed by atoms with van der Waals surface area (Å²) in [4.78, 5) is 34.4. The number of benzene rings is 1. The van der Waals surface area contributed by atoms with E-state index >= 15 is 0 Å². The number of nitrogens with one attached hydrogen (secondary N) is 2. The minimum Gasteiger partial charge on any atom is -0.459 e. The second kappa shape index (κ2) is 9.41. The molecular formula is C17H15ClN6O5S. The van der Waals surface area contributed by atoms with Gasteiger partial charge < -0.3 is 19.6 Å². The maximum absolute atomic E-state index is 12.2. The monoisotopic (exact) mass is 450 g/mol. The Hall–Kier alpha value is -3.38. The summed E-state index contributed by atoms with van der Waals surface area (Å²) in [5, 5.41) is 24.7. The molecule has 2 amide bonds. The van der Waals surface area contributed by atoms with Gasteiger partial charge in [0.2, 0.25) is 5.91 Å². The fraction of sp³-hybridized carbons (Fsp3) is 0.176. The summed E-state index contributed by atoms with van der Waals surface area (Å²) in [6.45, 7) is 0.124. The van der Waals surface area contributed by atoms with Crippen LogP contribution in [0.15, 0.2) is 46.2 Å². The van der Waals surface area contributed by atoms with Gasteiger partial charge in [0.1, 0.15) is 0 Å². The van der Waals surface area contributed by atoms with Gasteiger partial charge in [0.25, 0.3) is 11.6 Å². The fourth-order valence-electron chi connectivity index (χ4n) is 2.32. The van der Waals surface area contributed by atoms with Crippen LogP contribution in [0.4, 0.5) is 11.4 Å². The van der Waals surface area contributed by atoms with Crippen LogP contribution >= 0.6 is 23.4 Å². The third-order valence-corrected chi connectivity index (χ3v) is 5.19. The Bertz CT molecular complexity index is 1080. The second-order valence-corrected chi connectivity index (χ2v) is 7.23. The minimum absolute atomic E-state index is 0.0241. The van der Waals surface area contributed by atoms with Gasteiger partial charge in [-0.25, -0.2) is 0 Å². The molecule has 0 saturated carbocycles. The molecule has 13 heteroatoms. The number of nitro groups is 1. The fourth-order valence-corrected chi connectivity index (χ4v) is 3.21. The number of furan rings is 1. The van der Waals surface area contributed by atoms with E-state index in [0.717, 1.165) is 11.8 Å². The average molecular weight is 451 g/mol. The third kappa shape index (κ3) is 5.15. The zero-order valence-electron chi connectivity index (χ0n) is 15.5. The molecule has 0 saturated heterocycles. The molecule has 0 fully saturated rings. The maximum atomic E-state index is 12.2. The maximum Gasteiger partial charge on any atom is 0.287 e. The first-order valence-electron chi connectivity index (χ1n) is 8.41. The molecule has 0 unspecified atom stereocenters. The zero-order chi connectivity index (χ0) is 21.7. The number of aromatic nitrogens is 3. The molecule has 2 aromatic heterocycles. The number of carbonyl (C=O) groups is 2. The molecular weight excluding hydrogens is 436 g/mol. The zero-order valence-corrected chi connectivity index (χ0v) is 17.1. The van der Waals surface area contributed by atoms with E-state index in [2.05, 4.69) is 20.8 Å². The lowest BCUT2D eigenvalue weighted by atomic mass is 10.3. The van der Waals surface area contributed by atoms with Crippen molar-refractivity contribution in [2.75, 3.05) is 11.1 Å². The van der Waals surface area contributed by atoms with E-state index in [1.54, 1.807) is 23.7 Å². The van der Waals surface area contributed by atoms with Crippen molar-refractivity contribution in [3.63, 3.8) is 0 Å². The van der Waals surface area contributed by atoms with E-state index in [1.807, 2.05) is 0 Å². The van der Waals surface area contributed by atoms with Crippen LogP contribution in [0.2, 0.25) is 5.02 Å². The molecule has 0 aliphatic rings. The summed E-state index contributed by atoms with van der Waals surface area (Å²) < 4.78 is 6.65. The topological polar surface area (TPSA) is 145 Å². The Morgan fingerprint density at radius 1 is 1.33 bits per heavy atom. The number of non-ortho nitro benzene ring substituents is 1. The van der Waals surface area contributed by atoms with Crippen LogP contribution in [0.25, 0.3) is 0 Å². The van der Waals surface area contributed by atoms with Crippen molar-refractivity contribution in [3.8, 4) is 0 Å². The molecule has 0 spiro atoms. The Labute approximate surface area is 178 Å².